The van der Waals surface area contributed by atoms with Gasteiger partial charge in [-0.15, -0.1) is 0 Å². The van der Waals surface area contributed by atoms with Crippen LogP contribution in [0.1, 0.15) is 37.3 Å². The van der Waals surface area contributed by atoms with Gasteiger partial charge in [0.15, 0.2) is 0 Å². The van der Waals surface area contributed by atoms with Crippen molar-refractivity contribution >= 4 is 11.7 Å². The summed E-state index contributed by atoms with van der Waals surface area (Å²) >= 11 is 0. The van der Waals surface area contributed by atoms with E-state index in [0.717, 1.165) is 12.5 Å². The van der Waals surface area contributed by atoms with Crippen molar-refractivity contribution in [3.8, 4) is 0 Å². The Kier molecular flexibility index (Phi) is 5.30. The van der Waals surface area contributed by atoms with Gasteiger partial charge in [0.05, 0.1) is 0 Å². The largest absolute Gasteiger partial charge is 0.402 e. The van der Waals surface area contributed by atoms with Crippen molar-refractivity contribution in [2.24, 2.45) is 11.5 Å². The van der Waals surface area contributed by atoms with Crippen LogP contribution in [-0.2, 0) is 16.0 Å². The molecule has 0 radical (unpaired) electrons. The second-order valence-electron chi connectivity index (χ2n) is 4.80. The number of aryl methyl sites for hydroxylation is 1. The second-order valence-corrected chi connectivity index (χ2v) is 4.80. The van der Waals surface area contributed by atoms with E-state index in [2.05, 4.69) is 26.0 Å². The van der Waals surface area contributed by atoms with Gasteiger partial charge in [0, 0.05) is 11.8 Å². The number of allylic oxidation sites excluding steroid dienone is 1. The molecule has 1 aromatic rings. The molecule has 19 heavy (non-hydrogen) atoms. The minimum atomic E-state index is -0.981. The molecule has 4 heteroatoms. The molecule has 4 nitrogen and oxygen atoms in total. The maximum atomic E-state index is 11.1. The molecule has 0 aliphatic carbocycles. The zero-order valence-corrected chi connectivity index (χ0v) is 11.3. The van der Waals surface area contributed by atoms with Crippen LogP contribution in [0.3, 0.4) is 0 Å². The molecule has 0 bridgehead atoms. The molecule has 4 N–H and O–H groups in total. The zero-order chi connectivity index (χ0) is 14.4. The quantitative estimate of drug-likeness (QED) is 0.602. The lowest BCUT2D eigenvalue weighted by molar-refractivity contribution is -0.133. The number of hydrogen-bond acceptors (Lipinski definition) is 3. The van der Waals surface area contributed by atoms with Gasteiger partial charge >= 0.3 is 0 Å². The summed E-state index contributed by atoms with van der Waals surface area (Å²) in [5.74, 6) is -1.30. The molecule has 102 valence electrons. The summed E-state index contributed by atoms with van der Waals surface area (Å²) in [5, 5.41) is 0. The van der Waals surface area contributed by atoms with Crippen molar-refractivity contribution in [1.82, 2.24) is 0 Å². The highest BCUT2D eigenvalue weighted by atomic mass is 16.2. The Labute approximate surface area is 113 Å². The fourth-order valence-electron chi connectivity index (χ4n) is 1.92. The first kappa shape index (κ1) is 15.0. The van der Waals surface area contributed by atoms with Crippen molar-refractivity contribution in [3.05, 3.63) is 47.2 Å². The average Bonchev–Trinajstić information content (AvgIpc) is 2.36. The normalized spacial score (nSPS) is 11.6. The number of benzene rings is 1. The van der Waals surface area contributed by atoms with Crippen LogP contribution in [0, 0.1) is 0 Å². The van der Waals surface area contributed by atoms with Crippen LogP contribution in [-0.4, -0.2) is 11.7 Å². The van der Waals surface area contributed by atoms with E-state index in [-0.39, 0.29) is 0 Å². The lowest BCUT2D eigenvalue weighted by atomic mass is 9.94. The number of primary amides is 1. The van der Waals surface area contributed by atoms with E-state index in [1.807, 2.05) is 12.1 Å². The first-order valence-corrected chi connectivity index (χ1v) is 6.29. The Morgan fingerprint density at radius 1 is 1.21 bits per heavy atom. The topological polar surface area (TPSA) is 86.2 Å². The maximum Gasteiger partial charge on any atom is 0.289 e. The maximum absolute atomic E-state index is 11.1. The minimum absolute atomic E-state index is 0.377. The number of nitrogens with two attached hydrogens (primary N) is 2. The molecule has 0 atom stereocenters. The van der Waals surface area contributed by atoms with E-state index in [4.69, 9.17) is 11.5 Å². The summed E-state index contributed by atoms with van der Waals surface area (Å²) in [6.45, 7) is 4.27. The van der Waals surface area contributed by atoms with Crippen molar-refractivity contribution in [2.75, 3.05) is 0 Å². The van der Waals surface area contributed by atoms with Crippen LogP contribution in [0.2, 0.25) is 0 Å². The van der Waals surface area contributed by atoms with Gasteiger partial charge in [-0.25, -0.2) is 0 Å². The monoisotopic (exact) mass is 260 g/mol. The molecule has 1 amide bonds. The van der Waals surface area contributed by atoms with Crippen LogP contribution >= 0.6 is 0 Å². The van der Waals surface area contributed by atoms with E-state index in [0.29, 0.717) is 18.0 Å². The Morgan fingerprint density at radius 3 is 2.42 bits per heavy atom. The van der Waals surface area contributed by atoms with Gasteiger partial charge in [-0.05, 0) is 29.9 Å². The first-order valence-electron chi connectivity index (χ1n) is 6.29. The van der Waals surface area contributed by atoms with E-state index in [1.54, 1.807) is 0 Å². The molecule has 0 saturated carbocycles. The summed E-state index contributed by atoms with van der Waals surface area (Å²) in [7, 11) is 0. The molecule has 0 aliphatic heterocycles. The minimum Gasteiger partial charge on any atom is -0.402 e. The highest BCUT2D eigenvalue weighted by Gasteiger charge is 2.08. The first-order chi connectivity index (χ1) is 8.91. The standard InChI is InChI=1S/C15H20N2O2/c1-10(2)13-6-4-3-5-11(13)7-8-12(16)9-14(18)15(17)19/h3-6,9-10H,7-8,16H2,1-2H3,(H2,17,19)/b12-9-. The number of carbonyl (C=O) groups is 2. The van der Waals surface area contributed by atoms with Crippen molar-refractivity contribution in [3.63, 3.8) is 0 Å². The number of carbonyl (C=O) groups excluding carboxylic acids is 2. The Bertz CT molecular complexity index is 505. The van der Waals surface area contributed by atoms with Gasteiger partial charge in [-0.3, -0.25) is 9.59 Å². The highest BCUT2D eigenvalue weighted by molar-refractivity contribution is 6.40. The third-order valence-electron chi connectivity index (χ3n) is 2.92. The van der Waals surface area contributed by atoms with Gasteiger partial charge in [-0.2, -0.15) is 0 Å². The Morgan fingerprint density at radius 2 is 1.84 bits per heavy atom. The number of ketones is 1. The molecule has 0 spiro atoms. The molecule has 0 aliphatic rings. The van der Waals surface area contributed by atoms with Crippen molar-refractivity contribution in [2.45, 2.75) is 32.6 Å². The van der Waals surface area contributed by atoms with Crippen LogP contribution in [0.15, 0.2) is 36.0 Å². The Balaban J connectivity index is 2.72. The van der Waals surface area contributed by atoms with Crippen molar-refractivity contribution < 1.29 is 9.59 Å². The zero-order valence-electron chi connectivity index (χ0n) is 11.3. The SMILES string of the molecule is CC(C)c1ccccc1CC/C(N)=C/C(=O)C(N)=O. The summed E-state index contributed by atoms with van der Waals surface area (Å²) in [6, 6.07) is 8.14. The summed E-state index contributed by atoms with van der Waals surface area (Å²) in [4.78, 5) is 21.7. The third-order valence-corrected chi connectivity index (χ3v) is 2.92. The molecular weight excluding hydrogens is 240 g/mol. The van der Waals surface area contributed by atoms with E-state index in [1.165, 1.54) is 11.1 Å². The third kappa shape index (κ3) is 4.58. The lowest BCUT2D eigenvalue weighted by Crippen LogP contribution is -2.22. The predicted molar refractivity (Wildman–Crippen MR) is 75.3 cm³/mol. The fourth-order valence-corrected chi connectivity index (χ4v) is 1.92. The molecule has 1 aromatic carbocycles. The molecule has 0 fully saturated rings. The number of amides is 1. The van der Waals surface area contributed by atoms with Crippen LogP contribution in [0.4, 0.5) is 0 Å². The number of hydrogen-bond donors (Lipinski definition) is 2. The van der Waals surface area contributed by atoms with Gasteiger partial charge in [0.25, 0.3) is 5.91 Å². The van der Waals surface area contributed by atoms with Crippen molar-refractivity contribution in [1.29, 1.82) is 0 Å². The Hall–Kier alpha value is -2.10. The van der Waals surface area contributed by atoms with E-state index >= 15 is 0 Å². The molecular formula is C15H20N2O2. The molecule has 0 aromatic heterocycles. The molecule has 0 heterocycles. The van der Waals surface area contributed by atoms with E-state index < -0.39 is 11.7 Å². The molecule has 1 rings (SSSR count). The average molecular weight is 260 g/mol. The van der Waals surface area contributed by atoms with Gasteiger partial charge in [0.1, 0.15) is 0 Å². The van der Waals surface area contributed by atoms with Gasteiger partial charge in [0.2, 0.25) is 5.78 Å². The highest BCUT2D eigenvalue weighted by Crippen LogP contribution is 2.20. The summed E-state index contributed by atoms with van der Waals surface area (Å²) < 4.78 is 0. The lowest BCUT2D eigenvalue weighted by Gasteiger charge is -2.12. The van der Waals surface area contributed by atoms with E-state index in [9.17, 15) is 9.59 Å². The van der Waals surface area contributed by atoms with Crippen LogP contribution < -0.4 is 11.5 Å². The molecule has 0 saturated heterocycles. The summed E-state index contributed by atoms with van der Waals surface area (Å²) in [6.07, 6.45) is 2.38. The summed E-state index contributed by atoms with van der Waals surface area (Å²) in [5.41, 5.74) is 13.4. The predicted octanol–water partition coefficient (Wildman–Crippen LogP) is 1.64. The van der Waals surface area contributed by atoms with Gasteiger partial charge in [-0.1, -0.05) is 38.1 Å². The second kappa shape index (κ2) is 6.73. The molecule has 0 unspecified atom stereocenters. The van der Waals surface area contributed by atoms with Crippen LogP contribution in [0.25, 0.3) is 0 Å². The fraction of sp³-hybridized carbons (Fsp3) is 0.333. The number of rotatable bonds is 6. The van der Waals surface area contributed by atoms with Crippen LogP contribution in [0.5, 0.6) is 0 Å². The van der Waals surface area contributed by atoms with Gasteiger partial charge < -0.3 is 11.5 Å². The smallest absolute Gasteiger partial charge is 0.289 e.